The van der Waals surface area contributed by atoms with Crippen molar-refractivity contribution in [2.24, 2.45) is 5.73 Å². The van der Waals surface area contributed by atoms with Crippen molar-refractivity contribution in [1.29, 1.82) is 0 Å². The van der Waals surface area contributed by atoms with Gasteiger partial charge in [0.05, 0.1) is 0 Å². The van der Waals surface area contributed by atoms with E-state index in [0.717, 1.165) is 10.9 Å². The number of nitrogens with two attached hydrogens (primary N) is 1. The molecule has 0 saturated heterocycles. The Balaban J connectivity index is 1.79. The lowest BCUT2D eigenvalue weighted by atomic mass is 10.1. The molecule has 3 rings (SSSR count). The third-order valence-corrected chi connectivity index (χ3v) is 3.34. The zero-order chi connectivity index (χ0) is 14.8. The standard InChI is InChI=1S/C17H16N2O2/c1-11(18)12-6-8-14(9-7-12)19-17(20)16-10-13-4-2-3-5-15(13)21-16/h2-11H,18H2,1H3,(H,19,20). The van der Waals surface area contributed by atoms with Gasteiger partial charge in [-0.15, -0.1) is 0 Å². The van der Waals surface area contributed by atoms with E-state index < -0.39 is 0 Å². The minimum atomic E-state index is -0.264. The maximum atomic E-state index is 12.2. The summed E-state index contributed by atoms with van der Waals surface area (Å²) in [4.78, 5) is 12.2. The summed E-state index contributed by atoms with van der Waals surface area (Å²) in [7, 11) is 0. The van der Waals surface area contributed by atoms with Gasteiger partial charge in [-0.3, -0.25) is 4.79 Å². The molecular weight excluding hydrogens is 264 g/mol. The molecule has 0 aliphatic carbocycles. The third kappa shape index (κ3) is 2.80. The number of carbonyl (C=O) groups excluding carboxylic acids is 1. The van der Waals surface area contributed by atoms with Crippen LogP contribution in [0.4, 0.5) is 5.69 Å². The molecule has 1 amide bonds. The quantitative estimate of drug-likeness (QED) is 0.768. The first-order chi connectivity index (χ1) is 10.1. The number of nitrogens with one attached hydrogen (secondary N) is 1. The van der Waals surface area contributed by atoms with Gasteiger partial charge >= 0.3 is 0 Å². The molecular formula is C17H16N2O2. The number of hydrogen-bond donors (Lipinski definition) is 2. The van der Waals surface area contributed by atoms with Gasteiger partial charge in [0.1, 0.15) is 5.58 Å². The Morgan fingerprint density at radius 3 is 2.52 bits per heavy atom. The molecule has 4 nitrogen and oxygen atoms in total. The monoisotopic (exact) mass is 280 g/mol. The number of carbonyl (C=O) groups is 1. The second-order valence-electron chi connectivity index (χ2n) is 5.01. The maximum absolute atomic E-state index is 12.2. The number of benzene rings is 2. The van der Waals surface area contributed by atoms with Crippen LogP contribution in [0.1, 0.15) is 29.1 Å². The van der Waals surface area contributed by atoms with E-state index in [9.17, 15) is 4.79 Å². The number of amides is 1. The zero-order valence-corrected chi connectivity index (χ0v) is 11.7. The van der Waals surface area contributed by atoms with Crippen LogP contribution in [-0.4, -0.2) is 5.91 Å². The van der Waals surface area contributed by atoms with Gasteiger partial charge < -0.3 is 15.5 Å². The van der Waals surface area contributed by atoms with E-state index in [1.54, 1.807) is 6.07 Å². The molecule has 1 aromatic heterocycles. The van der Waals surface area contributed by atoms with Crippen LogP contribution in [0.2, 0.25) is 0 Å². The number of furan rings is 1. The van der Waals surface area contributed by atoms with Crippen LogP contribution < -0.4 is 11.1 Å². The van der Waals surface area contributed by atoms with E-state index in [1.165, 1.54) is 0 Å². The molecule has 2 aromatic carbocycles. The van der Waals surface area contributed by atoms with Crippen molar-refractivity contribution in [2.75, 3.05) is 5.32 Å². The molecule has 0 aliphatic heterocycles. The topological polar surface area (TPSA) is 68.3 Å². The lowest BCUT2D eigenvalue weighted by Gasteiger charge is -2.07. The summed E-state index contributed by atoms with van der Waals surface area (Å²) in [6.07, 6.45) is 0. The average Bonchev–Trinajstić information content (AvgIpc) is 2.92. The van der Waals surface area contributed by atoms with E-state index in [1.807, 2.05) is 55.5 Å². The predicted molar refractivity (Wildman–Crippen MR) is 83.2 cm³/mol. The van der Waals surface area contributed by atoms with Crippen LogP contribution in [0.3, 0.4) is 0 Å². The minimum Gasteiger partial charge on any atom is -0.451 e. The molecule has 0 saturated carbocycles. The van der Waals surface area contributed by atoms with E-state index in [-0.39, 0.29) is 11.9 Å². The van der Waals surface area contributed by atoms with Crippen LogP contribution in [0.25, 0.3) is 11.0 Å². The molecule has 1 atom stereocenters. The van der Waals surface area contributed by atoms with Crippen molar-refractivity contribution in [3.8, 4) is 0 Å². The summed E-state index contributed by atoms with van der Waals surface area (Å²) >= 11 is 0. The highest BCUT2D eigenvalue weighted by molar-refractivity contribution is 6.04. The molecule has 0 spiro atoms. The average molecular weight is 280 g/mol. The zero-order valence-electron chi connectivity index (χ0n) is 11.7. The Morgan fingerprint density at radius 2 is 1.86 bits per heavy atom. The number of anilines is 1. The van der Waals surface area contributed by atoms with Gasteiger partial charge in [-0.1, -0.05) is 30.3 Å². The second-order valence-corrected chi connectivity index (χ2v) is 5.01. The molecule has 0 radical (unpaired) electrons. The van der Waals surface area contributed by atoms with E-state index in [4.69, 9.17) is 10.2 Å². The van der Waals surface area contributed by atoms with Gasteiger partial charge in [0, 0.05) is 17.1 Å². The van der Waals surface area contributed by atoms with Gasteiger partial charge in [-0.05, 0) is 36.8 Å². The van der Waals surface area contributed by atoms with Crippen molar-refractivity contribution in [1.82, 2.24) is 0 Å². The Labute approximate surface area is 122 Å². The second kappa shape index (κ2) is 5.42. The first-order valence-electron chi connectivity index (χ1n) is 6.79. The number of hydrogen-bond acceptors (Lipinski definition) is 3. The first-order valence-corrected chi connectivity index (χ1v) is 6.79. The summed E-state index contributed by atoms with van der Waals surface area (Å²) in [5.74, 6) is 0.0345. The Hall–Kier alpha value is -2.59. The molecule has 3 aromatic rings. The summed E-state index contributed by atoms with van der Waals surface area (Å²) in [6.45, 7) is 1.92. The van der Waals surface area contributed by atoms with E-state index in [2.05, 4.69) is 5.32 Å². The predicted octanol–water partition coefficient (Wildman–Crippen LogP) is 3.70. The minimum absolute atomic E-state index is 0.0230. The van der Waals surface area contributed by atoms with Crippen molar-refractivity contribution in [3.63, 3.8) is 0 Å². The van der Waals surface area contributed by atoms with Crippen LogP contribution in [0, 0.1) is 0 Å². The lowest BCUT2D eigenvalue weighted by molar-refractivity contribution is 0.0998. The van der Waals surface area contributed by atoms with Crippen LogP contribution in [0.15, 0.2) is 59.0 Å². The fraction of sp³-hybridized carbons (Fsp3) is 0.118. The molecule has 0 aliphatic rings. The fourth-order valence-electron chi connectivity index (χ4n) is 2.16. The van der Waals surface area contributed by atoms with E-state index >= 15 is 0 Å². The third-order valence-electron chi connectivity index (χ3n) is 3.34. The van der Waals surface area contributed by atoms with Crippen LogP contribution in [-0.2, 0) is 0 Å². The molecule has 106 valence electrons. The smallest absolute Gasteiger partial charge is 0.291 e. The van der Waals surface area contributed by atoms with Gasteiger partial charge in [-0.25, -0.2) is 0 Å². The SMILES string of the molecule is CC(N)c1ccc(NC(=O)c2cc3ccccc3o2)cc1. The molecule has 1 unspecified atom stereocenters. The van der Waals surface area contributed by atoms with Gasteiger partial charge in [-0.2, -0.15) is 0 Å². The molecule has 0 fully saturated rings. The highest BCUT2D eigenvalue weighted by Crippen LogP contribution is 2.20. The van der Waals surface area contributed by atoms with Crippen LogP contribution >= 0.6 is 0 Å². The first kappa shape index (κ1) is 13.4. The van der Waals surface area contributed by atoms with Gasteiger partial charge in [0.2, 0.25) is 0 Å². The molecule has 0 bridgehead atoms. The highest BCUT2D eigenvalue weighted by Gasteiger charge is 2.12. The van der Waals surface area contributed by atoms with E-state index in [0.29, 0.717) is 17.0 Å². The Bertz CT molecular complexity index is 740. The summed E-state index contributed by atoms with van der Waals surface area (Å²) in [5, 5.41) is 3.72. The summed E-state index contributed by atoms with van der Waals surface area (Å²) in [5.41, 5.74) is 8.24. The Kier molecular flexibility index (Phi) is 3.46. The summed E-state index contributed by atoms with van der Waals surface area (Å²) < 4.78 is 5.53. The fourth-order valence-corrected chi connectivity index (χ4v) is 2.16. The number of fused-ring (bicyclic) bond motifs is 1. The normalized spacial score (nSPS) is 12.3. The van der Waals surface area contributed by atoms with Gasteiger partial charge in [0.25, 0.3) is 5.91 Å². The van der Waals surface area contributed by atoms with Crippen molar-refractivity contribution in [2.45, 2.75) is 13.0 Å². The Morgan fingerprint density at radius 1 is 1.14 bits per heavy atom. The number of rotatable bonds is 3. The number of para-hydroxylation sites is 1. The van der Waals surface area contributed by atoms with Gasteiger partial charge in [0.15, 0.2) is 5.76 Å². The highest BCUT2D eigenvalue weighted by atomic mass is 16.3. The molecule has 4 heteroatoms. The van der Waals surface area contributed by atoms with Crippen molar-refractivity contribution < 1.29 is 9.21 Å². The molecule has 1 heterocycles. The van der Waals surface area contributed by atoms with Crippen LogP contribution in [0.5, 0.6) is 0 Å². The molecule has 3 N–H and O–H groups in total. The largest absolute Gasteiger partial charge is 0.451 e. The summed E-state index contributed by atoms with van der Waals surface area (Å²) in [6, 6.07) is 16.7. The molecule has 21 heavy (non-hydrogen) atoms. The van der Waals surface area contributed by atoms with Crippen molar-refractivity contribution >= 4 is 22.6 Å². The maximum Gasteiger partial charge on any atom is 0.291 e. The van der Waals surface area contributed by atoms with Crippen molar-refractivity contribution in [3.05, 3.63) is 65.9 Å². The lowest BCUT2D eigenvalue weighted by Crippen LogP contribution is -2.11.